The van der Waals surface area contributed by atoms with Gasteiger partial charge in [0, 0.05) is 42.1 Å². The van der Waals surface area contributed by atoms with E-state index in [0.717, 1.165) is 43.7 Å². The molecule has 0 bridgehead atoms. The molecule has 2 aliphatic rings. The average Bonchev–Trinajstić information content (AvgIpc) is 2.90. The SMILES string of the molecule is CC1(N)CCCN(c2cnc(C(=N)C3=CC=CC(Cl)=C(Cl)C3)[c-]n2)CC1.[K+]. The molecule has 3 rings (SSSR count). The molecule has 0 aromatic carbocycles. The van der Waals surface area contributed by atoms with E-state index in [9.17, 15) is 0 Å². The third-order valence-corrected chi connectivity index (χ3v) is 5.53. The Bertz CT molecular complexity index is 784. The third kappa shape index (κ3) is 6.21. The smallest absolute Gasteiger partial charge is 0.407 e. The topological polar surface area (TPSA) is 78.9 Å². The fourth-order valence-electron chi connectivity index (χ4n) is 3.07. The molecule has 1 unspecified atom stereocenters. The number of anilines is 1. The van der Waals surface area contributed by atoms with E-state index in [0.29, 0.717) is 22.2 Å². The number of hydrogen-bond acceptors (Lipinski definition) is 5. The van der Waals surface area contributed by atoms with Crippen molar-refractivity contribution in [1.82, 2.24) is 9.97 Å². The zero-order valence-corrected chi connectivity index (χ0v) is 20.4. The third-order valence-electron chi connectivity index (χ3n) is 4.74. The van der Waals surface area contributed by atoms with Crippen LogP contribution in [-0.4, -0.2) is 34.3 Å². The van der Waals surface area contributed by atoms with Crippen LogP contribution in [-0.2, 0) is 0 Å². The summed E-state index contributed by atoms with van der Waals surface area (Å²) >= 11 is 12.2. The molecule has 1 aliphatic heterocycles. The van der Waals surface area contributed by atoms with Gasteiger partial charge < -0.3 is 21.0 Å². The van der Waals surface area contributed by atoms with Crippen molar-refractivity contribution in [2.45, 2.75) is 38.1 Å². The normalized spacial score (nSPS) is 23.3. The first kappa shape index (κ1) is 23.2. The van der Waals surface area contributed by atoms with E-state index in [1.807, 2.05) is 6.08 Å². The molecule has 8 heteroatoms. The zero-order chi connectivity index (χ0) is 18.7. The molecule has 27 heavy (non-hydrogen) atoms. The maximum absolute atomic E-state index is 8.39. The predicted octanol–water partition coefficient (Wildman–Crippen LogP) is 0.932. The molecule has 0 saturated carbocycles. The summed E-state index contributed by atoms with van der Waals surface area (Å²) < 4.78 is 0. The van der Waals surface area contributed by atoms with Gasteiger partial charge in [-0.3, -0.25) is 4.98 Å². The summed E-state index contributed by atoms with van der Waals surface area (Å²) in [5.41, 5.74) is 7.52. The molecular weight excluding hydrogens is 408 g/mol. The molecule has 1 atom stereocenters. The van der Waals surface area contributed by atoms with Crippen LogP contribution in [0.1, 0.15) is 38.3 Å². The van der Waals surface area contributed by atoms with E-state index in [1.165, 1.54) is 0 Å². The van der Waals surface area contributed by atoms with Gasteiger partial charge in [-0.15, -0.1) is 0 Å². The van der Waals surface area contributed by atoms with E-state index in [-0.39, 0.29) is 62.6 Å². The van der Waals surface area contributed by atoms with Crippen LogP contribution in [0.25, 0.3) is 0 Å². The maximum Gasteiger partial charge on any atom is 1.00 e. The Labute approximate surface area is 213 Å². The summed E-state index contributed by atoms with van der Waals surface area (Å²) in [6, 6.07) is 0. The molecule has 3 N–H and O–H groups in total. The molecule has 5 nitrogen and oxygen atoms in total. The Kier molecular flexibility index (Phi) is 8.71. The van der Waals surface area contributed by atoms with Crippen molar-refractivity contribution in [3.05, 3.63) is 52.0 Å². The van der Waals surface area contributed by atoms with Crippen molar-refractivity contribution < 1.29 is 51.4 Å². The van der Waals surface area contributed by atoms with Gasteiger partial charge in [-0.05, 0) is 49.9 Å². The Hall–Kier alpha value is -0.0536. The van der Waals surface area contributed by atoms with Gasteiger partial charge in [0.25, 0.3) is 0 Å². The number of allylic oxidation sites excluding steroid dienone is 6. The van der Waals surface area contributed by atoms with E-state index in [4.69, 9.17) is 34.3 Å². The minimum atomic E-state index is -0.124. The first-order valence-electron chi connectivity index (χ1n) is 8.65. The molecule has 0 spiro atoms. The zero-order valence-electron chi connectivity index (χ0n) is 15.7. The van der Waals surface area contributed by atoms with Gasteiger partial charge in [-0.25, -0.2) is 0 Å². The minimum Gasteiger partial charge on any atom is -0.407 e. The van der Waals surface area contributed by atoms with Gasteiger partial charge in [-0.2, -0.15) is 0 Å². The van der Waals surface area contributed by atoms with Crippen LogP contribution in [0.15, 0.2) is 40.1 Å². The number of nitrogens with zero attached hydrogens (tertiary/aromatic N) is 3. The van der Waals surface area contributed by atoms with Crippen molar-refractivity contribution in [3.63, 3.8) is 0 Å². The Morgan fingerprint density at radius 3 is 2.81 bits per heavy atom. The standard InChI is InChI=1S/C19H22Cl2N5.K/c1-19(23)6-3-8-26(9-7-19)17-12-24-16(11-25-17)18(22)13-4-2-5-14(20)15(21)10-13;/h2,4-5,12,22H,3,6-10,23H2,1H3;/q-1;+1. The number of hydrogen-bond donors (Lipinski definition) is 2. The van der Waals surface area contributed by atoms with Crippen molar-refractivity contribution in [2.75, 3.05) is 18.0 Å². The predicted molar refractivity (Wildman–Crippen MR) is 107 cm³/mol. The van der Waals surface area contributed by atoms with Gasteiger partial charge in [-0.1, -0.05) is 40.9 Å². The monoisotopic (exact) mass is 429 g/mol. The molecule has 1 aromatic heterocycles. The number of halogens is 2. The second-order valence-electron chi connectivity index (χ2n) is 7.04. The summed E-state index contributed by atoms with van der Waals surface area (Å²) in [6.45, 7) is 3.85. The quantitative estimate of drug-likeness (QED) is 0.425. The first-order valence-corrected chi connectivity index (χ1v) is 9.40. The molecule has 0 amide bonds. The van der Waals surface area contributed by atoms with Gasteiger partial charge >= 0.3 is 51.4 Å². The molecule has 2 heterocycles. The van der Waals surface area contributed by atoms with Crippen LogP contribution >= 0.6 is 23.2 Å². The largest absolute Gasteiger partial charge is 1.00 e. The summed E-state index contributed by atoms with van der Waals surface area (Å²) in [7, 11) is 0. The van der Waals surface area contributed by atoms with E-state index >= 15 is 0 Å². The summed E-state index contributed by atoms with van der Waals surface area (Å²) in [4.78, 5) is 11.0. The Morgan fingerprint density at radius 1 is 1.33 bits per heavy atom. The number of rotatable bonds is 3. The summed E-state index contributed by atoms with van der Waals surface area (Å²) in [6.07, 6.45) is 13.3. The number of nitrogens with one attached hydrogen (secondary N) is 1. The van der Waals surface area contributed by atoms with Gasteiger partial charge in [0.2, 0.25) is 0 Å². The van der Waals surface area contributed by atoms with Crippen LogP contribution in [0.3, 0.4) is 0 Å². The molecule has 1 aromatic rings. The summed E-state index contributed by atoms with van der Waals surface area (Å²) in [5.74, 6) is 0.773. The van der Waals surface area contributed by atoms with Gasteiger partial charge in [0.1, 0.15) is 0 Å². The fraction of sp³-hybridized carbons (Fsp3) is 0.421. The maximum atomic E-state index is 8.39. The minimum absolute atomic E-state index is 0. The number of aromatic nitrogens is 2. The average molecular weight is 430 g/mol. The van der Waals surface area contributed by atoms with Crippen molar-refractivity contribution in [1.29, 1.82) is 5.41 Å². The van der Waals surface area contributed by atoms with Crippen LogP contribution < -0.4 is 62.0 Å². The number of nitrogens with two attached hydrogens (primary N) is 1. The molecule has 1 fully saturated rings. The molecule has 1 saturated heterocycles. The molecular formula is C19H22Cl2KN5. The molecule has 1 aliphatic carbocycles. The van der Waals surface area contributed by atoms with Crippen LogP contribution in [0.5, 0.6) is 0 Å². The van der Waals surface area contributed by atoms with Crippen molar-refractivity contribution >= 4 is 34.7 Å². The van der Waals surface area contributed by atoms with Crippen molar-refractivity contribution in [3.8, 4) is 0 Å². The van der Waals surface area contributed by atoms with Crippen LogP contribution in [0, 0.1) is 11.6 Å². The van der Waals surface area contributed by atoms with Crippen molar-refractivity contribution in [2.24, 2.45) is 5.73 Å². The Morgan fingerprint density at radius 2 is 2.11 bits per heavy atom. The second-order valence-corrected chi connectivity index (χ2v) is 7.90. The fourth-order valence-corrected chi connectivity index (χ4v) is 3.41. The van der Waals surface area contributed by atoms with E-state index < -0.39 is 0 Å². The Balaban J connectivity index is 0.00000261. The van der Waals surface area contributed by atoms with E-state index in [2.05, 4.69) is 28.0 Å². The van der Waals surface area contributed by atoms with Crippen LogP contribution in [0.4, 0.5) is 5.82 Å². The van der Waals surface area contributed by atoms with Gasteiger partial charge in [0.15, 0.2) is 0 Å². The van der Waals surface area contributed by atoms with Crippen LogP contribution in [0.2, 0.25) is 0 Å². The first-order chi connectivity index (χ1) is 12.4. The van der Waals surface area contributed by atoms with E-state index in [1.54, 1.807) is 18.3 Å². The second kappa shape index (κ2) is 10.1. The molecule has 0 radical (unpaired) electrons. The molecule has 138 valence electrons. The summed E-state index contributed by atoms with van der Waals surface area (Å²) in [5, 5.41) is 9.39. The van der Waals surface area contributed by atoms with Gasteiger partial charge in [0.05, 0.1) is 5.03 Å².